The molecule has 7 heteroatoms. The first kappa shape index (κ1) is 16.0. The number of anilines is 1. The van der Waals surface area contributed by atoms with Crippen LogP contribution in [0, 0.1) is 0 Å². The van der Waals surface area contributed by atoms with Crippen molar-refractivity contribution in [2.75, 3.05) is 18.0 Å². The molecule has 1 aromatic carbocycles. The minimum Gasteiger partial charge on any atom is -0.478 e. The average Bonchev–Trinajstić information content (AvgIpc) is 3.06. The summed E-state index contributed by atoms with van der Waals surface area (Å²) in [6.45, 7) is 1.40. The second-order valence-corrected chi connectivity index (χ2v) is 7.25. The first-order valence-corrected chi connectivity index (χ1v) is 8.88. The molecule has 0 radical (unpaired) electrons. The van der Waals surface area contributed by atoms with Crippen molar-refractivity contribution in [2.45, 2.75) is 18.4 Å². The molecule has 128 valence electrons. The Balaban J connectivity index is 1.54. The highest BCUT2D eigenvalue weighted by molar-refractivity contribution is 7.22. The fraction of sp³-hybridized carbons (Fsp3) is 0.278. The van der Waals surface area contributed by atoms with Crippen LogP contribution in [0.25, 0.3) is 10.2 Å². The first-order valence-electron chi connectivity index (χ1n) is 8.07. The van der Waals surface area contributed by atoms with Crippen molar-refractivity contribution < 1.29 is 15.0 Å². The van der Waals surface area contributed by atoms with Crippen LogP contribution < -0.4 is 4.90 Å². The summed E-state index contributed by atoms with van der Waals surface area (Å²) in [5, 5.41) is 20.9. The Morgan fingerprint density at radius 1 is 1.16 bits per heavy atom. The molecule has 0 saturated carbocycles. The number of pyridine rings is 1. The van der Waals surface area contributed by atoms with Crippen molar-refractivity contribution in [3.63, 3.8) is 0 Å². The van der Waals surface area contributed by atoms with Crippen molar-refractivity contribution in [1.29, 1.82) is 0 Å². The summed E-state index contributed by atoms with van der Waals surface area (Å²) < 4.78 is 0.866. The molecule has 0 atom stereocenters. The number of aromatic carboxylic acids is 1. The predicted octanol–water partition coefficient (Wildman–Crippen LogP) is 2.88. The van der Waals surface area contributed by atoms with Gasteiger partial charge in [-0.2, -0.15) is 0 Å². The Kier molecular flexibility index (Phi) is 3.89. The summed E-state index contributed by atoms with van der Waals surface area (Å²) in [4.78, 5) is 21.9. The number of aromatic nitrogens is 2. The van der Waals surface area contributed by atoms with Gasteiger partial charge in [0.2, 0.25) is 0 Å². The minimum atomic E-state index is -0.933. The second kappa shape index (κ2) is 6.09. The van der Waals surface area contributed by atoms with Crippen LogP contribution in [-0.2, 0) is 5.60 Å². The quantitative estimate of drug-likeness (QED) is 0.751. The largest absolute Gasteiger partial charge is 0.478 e. The molecule has 3 aromatic rings. The molecule has 2 aromatic heterocycles. The number of carboxylic acid groups (broad SMARTS) is 1. The number of benzene rings is 1. The van der Waals surface area contributed by atoms with E-state index < -0.39 is 11.6 Å². The third-order valence-corrected chi connectivity index (χ3v) is 5.78. The lowest BCUT2D eigenvalue weighted by molar-refractivity contribution is 0.0117. The van der Waals surface area contributed by atoms with Crippen LogP contribution in [0.1, 0.15) is 28.8 Å². The van der Waals surface area contributed by atoms with Gasteiger partial charge in [0.15, 0.2) is 5.13 Å². The van der Waals surface area contributed by atoms with Crippen molar-refractivity contribution in [3.05, 3.63) is 53.9 Å². The van der Waals surface area contributed by atoms with Crippen molar-refractivity contribution in [3.8, 4) is 0 Å². The molecule has 6 nitrogen and oxygen atoms in total. The highest BCUT2D eigenvalue weighted by Gasteiger charge is 2.34. The Hall–Kier alpha value is -2.51. The third kappa shape index (κ3) is 2.96. The lowest BCUT2D eigenvalue weighted by atomic mass is 9.85. The third-order valence-electron chi connectivity index (χ3n) is 4.70. The minimum absolute atomic E-state index is 0.272. The Labute approximate surface area is 148 Å². The molecule has 0 spiro atoms. The number of hydrogen-bond acceptors (Lipinski definition) is 6. The lowest BCUT2D eigenvalue weighted by Gasteiger charge is -2.38. The highest BCUT2D eigenvalue weighted by atomic mass is 32.1. The van der Waals surface area contributed by atoms with Crippen LogP contribution in [0.5, 0.6) is 0 Å². The predicted molar refractivity (Wildman–Crippen MR) is 96.2 cm³/mol. The zero-order valence-corrected chi connectivity index (χ0v) is 14.2. The molecule has 0 aliphatic carbocycles. The summed E-state index contributed by atoms with van der Waals surface area (Å²) in [5.41, 5.74) is 1.15. The number of rotatable bonds is 3. The second-order valence-electron chi connectivity index (χ2n) is 6.24. The van der Waals surface area contributed by atoms with E-state index in [2.05, 4.69) is 14.9 Å². The van der Waals surface area contributed by atoms with E-state index >= 15 is 0 Å². The molecular formula is C18H17N3O3S. The maximum Gasteiger partial charge on any atom is 0.335 e. The van der Waals surface area contributed by atoms with Gasteiger partial charge in [-0.05, 0) is 48.7 Å². The molecule has 0 amide bonds. The van der Waals surface area contributed by atoms with E-state index in [4.69, 9.17) is 5.11 Å². The van der Waals surface area contributed by atoms with Gasteiger partial charge >= 0.3 is 5.97 Å². The van der Waals surface area contributed by atoms with Crippen LogP contribution in [-0.4, -0.2) is 39.2 Å². The van der Waals surface area contributed by atoms with E-state index in [0.717, 1.165) is 20.9 Å². The van der Waals surface area contributed by atoms with E-state index in [1.54, 1.807) is 30.6 Å². The van der Waals surface area contributed by atoms with Crippen LogP contribution in [0.4, 0.5) is 5.13 Å². The molecular weight excluding hydrogens is 338 g/mol. The number of thiazole rings is 1. The number of nitrogens with zero attached hydrogens (tertiary/aromatic N) is 3. The monoisotopic (exact) mass is 355 g/mol. The summed E-state index contributed by atoms with van der Waals surface area (Å²) in [5.74, 6) is -0.933. The van der Waals surface area contributed by atoms with E-state index in [1.165, 1.54) is 11.3 Å². The van der Waals surface area contributed by atoms with E-state index in [-0.39, 0.29) is 5.56 Å². The van der Waals surface area contributed by atoms with Gasteiger partial charge in [0.25, 0.3) is 0 Å². The Morgan fingerprint density at radius 3 is 2.56 bits per heavy atom. The van der Waals surface area contributed by atoms with Gasteiger partial charge in [0.1, 0.15) is 0 Å². The van der Waals surface area contributed by atoms with Crippen molar-refractivity contribution >= 4 is 32.7 Å². The van der Waals surface area contributed by atoms with Crippen LogP contribution >= 0.6 is 11.3 Å². The molecule has 1 saturated heterocycles. The number of aliphatic hydroxyl groups is 1. The molecule has 25 heavy (non-hydrogen) atoms. The van der Waals surface area contributed by atoms with Gasteiger partial charge < -0.3 is 15.1 Å². The smallest absolute Gasteiger partial charge is 0.335 e. The fourth-order valence-electron chi connectivity index (χ4n) is 3.20. The Bertz CT molecular complexity index is 918. The standard InChI is InChI=1S/C18H17N3O3S/c22-16(23)12-1-2-14-15(11-12)25-17(20-14)21-9-5-18(24,6-10-21)13-3-7-19-8-4-13/h1-4,7-8,11,24H,5-6,9-10H2,(H,22,23). The van der Waals surface area contributed by atoms with E-state index in [1.807, 2.05) is 12.1 Å². The van der Waals surface area contributed by atoms with Gasteiger partial charge in [0, 0.05) is 25.5 Å². The van der Waals surface area contributed by atoms with Gasteiger partial charge in [-0.25, -0.2) is 9.78 Å². The molecule has 1 fully saturated rings. The molecule has 2 N–H and O–H groups in total. The lowest BCUT2D eigenvalue weighted by Crippen LogP contribution is -2.42. The Morgan fingerprint density at radius 2 is 1.88 bits per heavy atom. The van der Waals surface area contributed by atoms with Crippen molar-refractivity contribution in [2.24, 2.45) is 0 Å². The van der Waals surface area contributed by atoms with Crippen LogP contribution in [0.3, 0.4) is 0 Å². The maximum atomic E-state index is 11.1. The molecule has 4 rings (SSSR count). The number of carbonyl (C=O) groups is 1. The fourth-order valence-corrected chi connectivity index (χ4v) is 4.26. The van der Waals surface area contributed by atoms with E-state index in [0.29, 0.717) is 25.9 Å². The maximum absolute atomic E-state index is 11.1. The van der Waals surface area contributed by atoms with Gasteiger partial charge in [0.05, 0.1) is 21.4 Å². The first-order chi connectivity index (χ1) is 12.0. The zero-order valence-electron chi connectivity index (χ0n) is 13.4. The average molecular weight is 355 g/mol. The summed E-state index contributed by atoms with van der Waals surface area (Å²) in [7, 11) is 0. The number of fused-ring (bicyclic) bond motifs is 1. The van der Waals surface area contributed by atoms with Gasteiger partial charge in [-0.3, -0.25) is 4.98 Å². The molecule has 0 unspecified atom stereocenters. The summed E-state index contributed by atoms with van der Waals surface area (Å²) in [6, 6.07) is 8.71. The SMILES string of the molecule is O=C(O)c1ccc2nc(N3CCC(O)(c4ccncc4)CC3)sc2c1. The number of carboxylic acids is 1. The van der Waals surface area contributed by atoms with E-state index in [9.17, 15) is 9.90 Å². The zero-order chi connectivity index (χ0) is 17.4. The molecule has 3 heterocycles. The van der Waals surface area contributed by atoms with Crippen molar-refractivity contribution in [1.82, 2.24) is 9.97 Å². The number of hydrogen-bond donors (Lipinski definition) is 2. The van der Waals surface area contributed by atoms with Gasteiger partial charge in [-0.15, -0.1) is 0 Å². The van der Waals surface area contributed by atoms with Gasteiger partial charge in [-0.1, -0.05) is 11.3 Å². The summed E-state index contributed by atoms with van der Waals surface area (Å²) >= 11 is 1.49. The number of piperidine rings is 1. The normalized spacial score (nSPS) is 16.9. The molecule has 1 aliphatic rings. The molecule has 1 aliphatic heterocycles. The van der Waals surface area contributed by atoms with Crippen LogP contribution in [0.15, 0.2) is 42.7 Å². The molecule has 0 bridgehead atoms. The topological polar surface area (TPSA) is 86.5 Å². The highest BCUT2D eigenvalue weighted by Crippen LogP contribution is 2.36. The van der Waals surface area contributed by atoms with Crippen LogP contribution in [0.2, 0.25) is 0 Å². The summed E-state index contributed by atoms with van der Waals surface area (Å²) in [6.07, 6.45) is 4.64.